The molecule has 0 fully saturated rings. The third kappa shape index (κ3) is 3.21. The lowest BCUT2D eigenvalue weighted by Gasteiger charge is -2.12. The molecule has 0 saturated carbocycles. The van der Waals surface area contributed by atoms with Crippen LogP contribution in [0.1, 0.15) is 12.5 Å². The molecule has 0 radical (unpaired) electrons. The van der Waals surface area contributed by atoms with Crippen molar-refractivity contribution in [2.45, 2.75) is 13.3 Å². The van der Waals surface area contributed by atoms with E-state index in [0.29, 0.717) is 27.4 Å². The molecular weight excluding hydrogens is 307 g/mol. The Kier molecular flexibility index (Phi) is 4.34. The van der Waals surface area contributed by atoms with Crippen molar-refractivity contribution in [3.8, 4) is 0 Å². The lowest BCUT2D eigenvalue weighted by molar-refractivity contribution is 1.06. The summed E-state index contributed by atoms with van der Waals surface area (Å²) < 4.78 is 0. The van der Waals surface area contributed by atoms with Crippen molar-refractivity contribution in [1.82, 2.24) is 9.97 Å². The highest BCUT2D eigenvalue weighted by Crippen LogP contribution is 2.29. The van der Waals surface area contributed by atoms with E-state index in [2.05, 4.69) is 15.3 Å². The van der Waals surface area contributed by atoms with Crippen molar-refractivity contribution in [2.24, 2.45) is 0 Å². The van der Waals surface area contributed by atoms with Gasteiger partial charge in [-0.3, -0.25) is 0 Å². The molecule has 2 aromatic rings. The summed E-state index contributed by atoms with van der Waals surface area (Å²) >= 11 is 17.9. The van der Waals surface area contributed by atoms with Crippen LogP contribution in [-0.2, 0) is 6.42 Å². The Labute approximate surface area is 125 Å². The molecule has 0 aliphatic rings. The van der Waals surface area contributed by atoms with Crippen molar-refractivity contribution in [3.05, 3.63) is 39.0 Å². The third-order valence-corrected chi connectivity index (χ3v) is 3.56. The molecule has 1 aromatic heterocycles. The lowest BCUT2D eigenvalue weighted by atomic mass is 10.2. The van der Waals surface area contributed by atoms with Crippen LogP contribution in [0.3, 0.4) is 0 Å². The first-order valence-electron chi connectivity index (χ1n) is 5.55. The molecule has 0 saturated heterocycles. The van der Waals surface area contributed by atoms with E-state index in [4.69, 9.17) is 40.5 Å². The standard InChI is InChI=1S/C12H11Cl3N4/c1-2-7-10(15)18-12(16)19-11(7)17-6-3-4-8(13)9(14)5-6/h3-5H,2H2,1H3,(H3,16,17,18,19). The van der Waals surface area contributed by atoms with Crippen molar-refractivity contribution in [3.63, 3.8) is 0 Å². The third-order valence-electron chi connectivity index (χ3n) is 2.51. The molecular formula is C12H11Cl3N4. The van der Waals surface area contributed by atoms with Crippen LogP contribution >= 0.6 is 34.8 Å². The van der Waals surface area contributed by atoms with Gasteiger partial charge in [-0.15, -0.1) is 0 Å². The van der Waals surface area contributed by atoms with E-state index in [9.17, 15) is 0 Å². The number of rotatable bonds is 3. The van der Waals surface area contributed by atoms with Gasteiger partial charge in [0.2, 0.25) is 5.95 Å². The topological polar surface area (TPSA) is 63.8 Å². The Balaban J connectivity index is 2.39. The first-order valence-corrected chi connectivity index (χ1v) is 6.68. The van der Waals surface area contributed by atoms with Crippen molar-refractivity contribution < 1.29 is 0 Å². The Morgan fingerprint density at radius 2 is 1.89 bits per heavy atom. The van der Waals surface area contributed by atoms with Gasteiger partial charge in [0.1, 0.15) is 11.0 Å². The van der Waals surface area contributed by atoms with Crippen molar-refractivity contribution >= 4 is 52.3 Å². The fraction of sp³-hybridized carbons (Fsp3) is 0.167. The van der Waals surface area contributed by atoms with Gasteiger partial charge in [-0.1, -0.05) is 41.7 Å². The number of nitrogen functional groups attached to an aromatic ring is 1. The number of aromatic nitrogens is 2. The Morgan fingerprint density at radius 1 is 1.16 bits per heavy atom. The van der Waals surface area contributed by atoms with Gasteiger partial charge in [0.05, 0.1) is 10.0 Å². The van der Waals surface area contributed by atoms with E-state index < -0.39 is 0 Å². The lowest BCUT2D eigenvalue weighted by Crippen LogP contribution is -2.05. The summed E-state index contributed by atoms with van der Waals surface area (Å²) in [6.45, 7) is 1.96. The second-order valence-electron chi connectivity index (χ2n) is 3.81. The zero-order valence-corrected chi connectivity index (χ0v) is 12.3. The van der Waals surface area contributed by atoms with E-state index in [-0.39, 0.29) is 5.95 Å². The van der Waals surface area contributed by atoms with Gasteiger partial charge < -0.3 is 11.1 Å². The van der Waals surface area contributed by atoms with Crippen molar-refractivity contribution in [1.29, 1.82) is 0 Å². The molecule has 1 heterocycles. The van der Waals surface area contributed by atoms with E-state index in [0.717, 1.165) is 11.3 Å². The van der Waals surface area contributed by atoms with Gasteiger partial charge in [-0.2, -0.15) is 4.98 Å². The number of halogens is 3. The maximum absolute atomic E-state index is 6.04. The fourth-order valence-electron chi connectivity index (χ4n) is 1.60. The second kappa shape index (κ2) is 5.82. The molecule has 100 valence electrons. The molecule has 0 aliphatic carbocycles. The average Bonchev–Trinajstić information content (AvgIpc) is 2.33. The van der Waals surface area contributed by atoms with Crippen LogP contribution in [0.2, 0.25) is 15.2 Å². The number of benzene rings is 1. The molecule has 7 heteroatoms. The van der Waals surface area contributed by atoms with Crippen LogP contribution in [-0.4, -0.2) is 9.97 Å². The minimum absolute atomic E-state index is 0.116. The summed E-state index contributed by atoms with van der Waals surface area (Å²) in [5.41, 5.74) is 7.14. The highest BCUT2D eigenvalue weighted by Gasteiger charge is 2.11. The largest absolute Gasteiger partial charge is 0.368 e. The SMILES string of the molecule is CCc1c(Cl)nc(N)nc1Nc1ccc(Cl)c(Cl)c1. The summed E-state index contributed by atoms with van der Waals surface area (Å²) in [6, 6.07) is 5.19. The maximum atomic E-state index is 6.04. The highest BCUT2D eigenvalue weighted by molar-refractivity contribution is 6.42. The molecule has 0 unspecified atom stereocenters. The smallest absolute Gasteiger partial charge is 0.223 e. The Morgan fingerprint density at radius 3 is 2.53 bits per heavy atom. The quantitative estimate of drug-likeness (QED) is 0.827. The summed E-state index contributed by atoms with van der Waals surface area (Å²) in [7, 11) is 0. The molecule has 1 aromatic carbocycles. The van der Waals surface area contributed by atoms with Gasteiger partial charge in [0.15, 0.2) is 0 Å². The van der Waals surface area contributed by atoms with Crippen LogP contribution < -0.4 is 11.1 Å². The predicted molar refractivity (Wildman–Crippen MR) is 80.6 cm³/mol. The molecule has 2 rings (SSSR count). The summed E-state index contributed by atoms with van der Waals surface area (Å²) in [5, 5.41) is 4.40. The fourth-order valence-corrected chi connectivity index (χ4v) is 2.21. The minimum atomic E-state index is 0.116. The van der Waals surface area contributed by atoms with Crippen LogP contribution in [0.15, 0.2) is 18.2 Å². The normalized spacial score (nSPS) is 10.5. The molecule has 0 atom stereocenters. The number of nitrogens with two attached hydrogens (primary N) is 1. The van der Waals surface area contributed by atoms with E-state index in [1.807, 2.05) is 6.92 Å². The highest BCUT2D eigenvalue weighted by atomic mass is 35.5. The molecule has 0 bridgehead atoms. The van der Waals surface area contributed by atoms with Crippen LogP contribution in [0, 0.1) is 0 Å². The van der Waals surface area contributed by atoms with Gasteiger partial charge in [-0.05, 0) is 24.6 Å². The van der Waals surface area contributed by atoms with Gasteiger partial charge >= 0.3 is 0 Å². The molecule has 0 aliphatic heterocycles. The Hall–Kier alpha value is -1.23. The zero-order chi connectivity index (χ0) is 14.0. The summed E-state index contributed by atoms with van der Waals surface area (Å²) in [4.78, 5) is 8.07. The van der Waals surface area contributed by atoms with Crippen LogP contribution in [0.5, 0.6) is 0 Å². The first kappa shape index (κ1) is 14.2. The summed E-state index contributed by atoms with van der Waals surface area (Å²) in [6.07, 6.45) is 0.683. The summed E-state index contributed by atoms with van der Waals surface area (Å²) in [5.74, 6) is 0.683. The monoisotopic (exact) mass is 316 g/mol. The van der Waals surface area contributed by atoms with Gasteiger partial charge in [0, 0.05) is 11.3 Å². The number of hydrogen-bond acceptors (Lipinski definition) is 4. The minimum Gasteiger partial charge on any atom is -0.368 e. The van der Waals surface area contributed by atoms with Crippen LogP contribution in [0.4, 0.5) is 17.5 Å². The van der Waals surface area contributed by atoms with Gasteiger partial charge in [-0.25, -0.2) is 4.98 Å². The molecule has 19 heavy (non-hydrogen) atoms. The van der Waals surface area contributed by atoms with Crippen molar-refractivity contribution in [2.75, 3.05) is 11.1 Å². The molecule has 3 N–H and O–H groups in total. The predicted octanol–water partition coefficient (Wildman–Crippen LogP) is 4.33. The van der Waals surface area contributed by atoms with Gasteiger partial charge in [0.25, 0.3) is 0 Å². The van der Waals surface area contributed by atoms with Crippen LogP contribution in [0.25, 0.3) is 0 Å². The second-order valence-corrected chi connectivity index (χ2v) is 4.98. The van der Waals surface area contributed by atoms with E-state index in [1.54, 1.807) is 18.2 Å². The number of nitrogens with one attached hydrogen (secondary N) is 1. The molecule has 0 spiro atoms. The number of anilines is 3. The number of nitrogens with zero attached hydrogens (tertiary/aromatic N) is 2. The zero-order valence-electron chi connectivity index (χ0n) is 10.0. The molecule has 0 amide bonds. The number of hydrogen-bond donors (Lipinski definition) is 2. The molecule has 4 nitrogen and oxygen atoms in total. The maximum Gasteiger partial charge on any atom is 0.223 e. The first-order chi connectivity index (χ1) is 9.01. The van der Waals surface area contributed by atoms with E-state index >= 15 is 0 Å². The average molecular weight is 318 g/mol. The van der Waals surface area contributed by atoms with E-state index in [1.165, 1.54) is 0 Å². The Bertz CT molecular complexity index is 616.